The molecule has 4 aliphatic carbocycles. The van der Waals surface area contributed by atoms with Crippen LogP contribution >= 0.6 is 11.8 Å². The van der Waals surface area contributed by atoms with Gasteiger partial charge in [0.2, 0.25) is 0 Å². The Hall–Kier alpha value is -1.79. The number of fused-ring (bicyclic) bond motifs is 5. The summed E-state index contributed by atoms with van der Waals surface area (Å²) < 4.78 is 0. The van der Waals surface area contributed by atoms with Gasteiger partial charge in [-0.05, 0) is 85.3 Å². The number of hydrogen-bond acceptors (Lipinski definition) is 6. The fourth-order valence-corrected chi connectivity index (χ4v) is 8.96. The average Bonchev–Trinajstić information content (AvgIpc) is 3.14. The summed E-state index contributed by atoms with van der Waals surface area (Å²) in [7, 11) is 0. The highest BCUT2D eigenvalue weighted by Gasteiger charge is 2.63. The smallest absolute Gasteiger partial charge is 0.164 e. The molecule has 8 unspecified atom stereocenters. The van der Waals surface area contributed by atoms with Crippen molar-refractivity contribution in [2.45, 2.75) is 63.5 Å². The number of carbonyl (C=O) groups excluding carboxylic acids is 2. The Balaban J connectivity index is 1.38. The standard InChI is InChI=1S/C27H34N2O3S/c1-26-12-16(14-28)21(30)11-17(26)6-7-18-19-8-9-20(27(19,2)13-22(31)25(18)26)23(32)15-33-24-5-3-4-10-29-24/h3-5,10-11,14,16,18-20,22,25,28,31H,6-9,12-13,15H2,1-2H3. The number of allylic oxidation sites excluding steroid dienone is 1. The van der Waals surface area contributed by atoms with E-state index >= 15 is 0 Å². The number of nitrogens with one attached hydrogen (secondary N) is 1. The number of ketones is 2. The average molecular weight is 467 g/mol. The van der Waals surface area contributed by atoms with Gasteiger partial charge in [-0.25, -0.2) is 4.98 Å². The monoisotopic (exact) mass is 466 g/mol. The quantitative estimate of drug-likeness (QED) is 0.483. The molecule has 1 aromatic rings. The van der Waals surface area contributed by atoms with Crippen LogP contribution in [0.15, 0.2) is 41.1 Å². The molecule has 5 nitrogen and oxygen atoms in total. The van der Waals surface area contributed by atoms with Gasteiger partial charge in [-0.2, -0.15) is 0 Å². The van der Waals surface area contributed by atoms with E-state index in [1.165, 1.54) is 23.5 Å². The molecule has 3 fully saturated rings. The van der Waals surface area contributed by atoms with E-state index in [1.54, 1.807) is 12.3 Å². The van der Waals surface area contributed by atoms with Crippen molar-refractivity contribution in [3.05, 3.63) is 36.0 Å². The van der Waals surface area contributed by atoms with Gasteiger partial charge in [0.15, 0.2) is 5.78 Å². The van der Waals surface area contributed by atoms with Gasteiger partial charge < -0.3 is 10.5 Å². The zero-order chi connectivity index (χ0) is 23.4. The molecule has 2 N–H and O–H groups in total. The first kappa shape index (κ1) is 23.0. The van der Waals surface area contributed by atoms with Crippen LogP contribution in [-0.2, 0) is 9.59 Å². The number of aromatic nitrogens is 1. The molecule has 1 aromatic heterocycles. The molecule has 33 heavy (non-hydrogen) atoms. The van der Waals surface area contributed by atoms with E-state index in [-0.39, 0.29) is 40.2 Å². The normalized spacial score (nSPS) is 42.0. The number of carbonyl (C=O) groups is 2. The molecule has 0 spiro atoms. The number of hydrogen-bond donors (Lipinski definition) is 2. The highest BCUT2D eigenvalue weighted by atomic mass is 32.2. The minimum Gasteiger partial charge on any atom is -0.393 e. The molecule has 4 aliphatic rings. The van der Waals surface area contributed by atoms with Gasteiger partial charge in [-0.15, -0.1) is 0 Å². The summed E-state index contributed by atoms with van der Waals surface area (Å²) in [6.45, 7) is 4.46. The summed E-state index contributed by atoms with van der Waals surface area (Å²) in [4.78, 5) is 30.1. The Bertz CT molecular complexity index is 994. The van der Waals surface area contributed by atoms with Gasteiger partial charge in [-0.3, -0.25) is 9.59 Å². The minimum absolute atomic E-state index is 0.0127. The Morgan fingerprint density at radius 3 is 2.82 bits per heavy atom. The van der Waals surface area contributed by atoms with E-state index in [0.29, 0.717) is 30.4 Å². The van der Waals surface area contributed by atoms with Gasteiger partial charge in [-0.1, -0.05) is 37.2 Å². The Labute approximate surface area is 200 Å². The summed E-state index contributed by atoms with van der Waals surface area (Å²) in [6.07, 6.45) is 9.43. The third-order valence-electron chi connectivity index (χ3n) is 9.58. The van der Waals surface area contributed by atoms with Crippen molar-refractivity contribution in [2.24, 2.45) is 40.4 Å². The second-order valence-electron chi connectivity index (χ2n) is 11.1. The van der Waals surface area contributed by atoms with Crippen LogP contribution < -0.4 is 0 Å². The van der Waals surface area contributed by atoms with Gasteiger partial charge >= 0.3 is 0 Å². The third kappa shape index (κ3) is 3.65. The number of Topliss-reactive ketones (excluding diaryl/α,β-unsaturated/α-hetero) is 1. The Morgan fingerprint density at radius 2 is 2.09 bits per heavy atom. The third-order valence-corrected chi connectivity index (χ3v) is 10.5. The molecule has 0 bridgehead atoms. The molecule has 5 rings (SSSR count). The number of aliphatic hydroxyl groups excluding tert-OH is 1. The van der Waals surface area contributed by atoms with Crippen molar-refractivity contribution in [2.75, 3.05) is 5.75 Å². The zero-order valence-corrected chi connectivity index (χ0v) is 20.3. The topological polar surface area (TPSA) is 91.1 Å². The van der Waals surface area contributed by atoms with Crippen molar-refractivity contribution < 1.29 is 14.7 Å². The van der Waals surface area contributed by atoms with Crippen LogP contribution in [0.25, 0.3) is 0 Å². The molecular weight excluding hydrogens is 432 g/mol. The van der Waals surface area contributed by atoms with Gasteiger partial charge in [0, 0.05) is 18.3 Å². The van der Waals surface area contributed by atoms with E-state index in [0.717, 1.165) is 30.7 Å². The lowest BCUT2D eigenvalue weighted by molar-refractivity contribution is -0.144. The molecule has 1 heterocycles. The molecule has 0 amide bonds. The van der Waals surface area contributed by atoms with E-state index < -0.39 is 6.10 Å². The van der Waals surface area contributed by atoms with Crippen molar-refractivity contribution in [3.63, 3.8) is 0 Å². The number of nitrogens with zero attached hydrogens (tertiary/aromatic N) is 1. The van der Waals surface area contributed by atoms with Crippen molar-refractivity contribution in [1.29, 1.82) is 5.41 Å². The van der Waals surface area contributed by atoms with Crippen LogP contribution in [0, 0.1) is 45.8 Å². The van der Waals surface area contributed by atoms with Gasteiger partial charge in [0.1, 0.15) is 5.78 Å². The van der Waals surface area contributed by atoms with E-state index in [1.807, 2.05) is 18.2 Å². The van der Waals surface area contributed by atoms with E-state index in [9.17, 15) is 14.7 Å². The van der Waals surface area contributed by atoms with E-state index in [2.05, 4.69) is 18.8 Å². The lowest BCUT2D eigenvalue weighted by Crippen LogP contribution is -2.57. The molecule has 176 valence electrons. The molecule has 6 heteroatoms. The highest BCUT2D eigenvalue weighted by Crippen LogP contribution is 2.67. The second-order valence-corrected chi connectivity index (χ2v) is 12.1. The highest BCUT2D eigenvalue weighted by molar-refractivity contribution is 7.99. The predicted molar refractivity (Wildman–Crippen MR) is 129 cm³/mol. The maximum atomic E-state index is 13.4. The lowest BCUT2D eigenvalue weighted by atomic mass is 9.45. The molecule has 0 aliphatic heterocycles. The SMILES string of the molecule is CC12CC(C=N)C(=O)C=C1CCC1C2C(O)CC2(C)C(C(=O)CSc3ccccn3)CCC12. The fraction of sp³-hybridized carbons (Fsp3) is 0.630. The first-order chi connectivity index (χ1) is 15.8. The van der Waals surface area contributed by atoms with Crippen molar-refractivity contribution in [1.82, 2.24) is 4.98 Å². The summed E-state index contributed by atoms with van der Waals surface area (Å²) in [5, 5.41) is 20.2. The van der Waals surface area contributed by atoms with Crippen LogP contribution in [0.2, 0.25) is 0 Å². The molecule has 0 saturated heterocycles. The number of rotatable bonds is 5. The van der Waals surface area contributed by atoms with Crippen LogP contribution in [0.5, 0.6) is 0 Å². The summed E-state index contributed by atoms with van der Waals surface area (Å²) >= 11 is 1.51. The number of aliphatic hydroxyl groups is 1. The summed E-state index contributed by atoms with van der Waals surface area (Å²) in [5.74, 6) is 1.26. The first-order valence-electron chi connectivity index (χ1n) is 12.3. The zero-order valence-electron chi connectivity index (χ0n) is 19.5. The van der Waals surface area contributed by atoms with Crippen LogP contribution in [0.3, 0.4) is 0 Å². The van der Waals surface area contributed by atoms with Gasteiger partial charge in [0.25, 0.3) is 0 Å². The fourth-order valence-electron chi connectivity index (χ4n) is 8.16. The van der Waals surface area contributed by atoms with E-state index in [4.69, 9.17) is 5.41 Å². The maximum absolute atomic E-state index is 13.4. The van der Waals surface area contributed by atoms with Crippen molar-refractivity contribution in [3.8, 4) is 0 Å². The predicted octanol–water partition coefficient (Wildman–Crippen LogP) is 4.74. The Morgan fingerprint density at radius 1 is 1.27 bits per heavy atom. The molecular formula is C27H34N2O3S. The Kier molecular flexibility index (Phi) is 5.89. The second kappa shape index (κ2) is 8.46. The number of thioether (sulfide) groups is 1. The van der Waals surface area contributed by atoms with Crippen LogP contribution in [0.4, 0.5) is 0 Å². The van der Waals surface area contributed by atoms with Gasteiger partial charge in [0.05, 0.1) is 22.8 Å². The van der Waals surface area contributed by atoms with Crippen LogP contribution in [0.1, 0.15) is 52.4 Å². The van der Waals surface area contributed by atoms with Crippen LogP contribution in [-0.4, -0.2) is 39.7 Å². The minimum atomic E-state index is -0.485. The molecule has 0 radical (unpaired) electrons. The molecule has 3 saturated carbocycles. The first-order valence-corrected chi connectivity index (χ1v) is 13.3. The number of pyridine rings is 1. The molecule has 0 aromatic carbocycles. The summed E-state index contributed by atoms with van der Waals surface area (Å²) in [6, 6.07) is 5.76. The van der Waals surface area contributed by atoms with Crippen molar-refractivity contribution >= 4 is 29.5 Å². The summed E-state index contributed by atoms with van der Waals surface area (Å²) in [5.41, 5.74) is 0.758. The molecule has 8 atom stereocenters. The largest absolute Gasteiger partial charge is 0.393 e. The maximum Gasteiger partial charge on any atom is 0.164 e. The lowest BCUT2D eigenvalue weighted by Gasteiger charge is -2.60.